The van der Waals surface area contributed by atoms with Crippen LogP contribution in [0.2, 0.25) is 0 Å². The number of hydrogen-bond acceptors (Lipinski definition) is 1. The standard InChI is InChI=1S/C12H19N/c1-11-7-3-4-8-12(11)13-9-5-2-6-10-13/h3-4,8,11H,2,5-7,9-10H2,1H3. The van der Waals surface area contributed by atoms with Crippen molar-refractivity contribution in [3.05, 3.63) is 23.9 Å². The summed E-state index contributed by atoms with van der Waals surface area (Å²) < 4.78 is 0. The molecule has 0 aromatic rings. The summed E-state index contributed by atoms with van der Waals surface area (Å²) in [4.78, 5) is 2.58. The smallest absolute Gasteiger partial charge is 0.0175 e. The van der Waals surface area contributed by atoms with E-state index in [0.29, 0.717) is 0 Å². The predicted molar refractivity (Wildman–Crippen MR) is 56.4 cm³/mol. The molecule has 1 fully saturated rings. The molecule has 1 aliphatic heterocycles. The van der Waals surface area contributed by atoms with Crippen LogP contribution in [0, 0.1) is 5.92 Å². The molecule has 0 bridgehead atoms. The molecule has 2 aliphatic rings. The molecule has 0 radical (unpaired) electrons. The Hall–Kier alpha value is -0.720. The molecule has 0 aromatic carbocycles. The third-order valence-corrected chi connectivity index (χ3v) is 3.12. The Morgan fingerprint density at radius 1 is 1.23 bits per heavy atom. The maximum absolute atomic E-state index is 2.58. The van der Waals surface area contributed by atoms with E-state index >= 15 is 0 Å². The van der Waals surface area contributed by atoms with E-state index in [-0.39, 0.29) is 0 Å². The second-order valence-electron chi connectivity index (χ2n) is 4.20. The Labute approximate surface area is 81.1 Å². The van der Waals surface area contributed by atoms with Gasteiger partial charge in [-0.05, 0) is 37.7 Å². The van der Waals surface area contributed by atoms with Crippen molar-refractivity contribution in [2.75, 3.05) is 13.1 Å². The molecular formula is C12H19N. The summed E-state index contributed by atoms with van der Waals surface area (Å²) in [7, 11) is 0. The first-order chi connectivity index (χ1) is 6.38. The van der Waals surface area contributed by atoms with Crippen molar-refractivity contribution < 1.29 is 0 Å². The van der Waals surface area contributed by atoms with Crippen molar-refractivity contribution in [2.45, 2.75) is 32.6 Å². The van der Waals surface area contributed by atoms with Crippen LogP contribution in [0.3, 0.4) is 0 Å². The lowest BCUT2D eigenvalue weighted by atomic mass is 9.96. The fourth-order valence-corrected chi connectivity index (χ4v) is 2.30. The van der Waals surface area contributed by atoms with Crippen LogP contribution in [-0.2, 0) is 0 Å². The van der Waals surface area contributed by atoms with Gasteiger partial charge in [0.2, 0.25) is 0 Å². The normalized spacial score (nSPS) is 28.8. The summed E-state index contributed by atoms with van der Waals surface area (Å²) in [6.07, 6.45) is 12.2. The monoisotopic (exact) mass is 177 g/mol. The minimum Gasteiger partial charge on any atom is -0.375 e. The Morgan fingerprint density at radius 2 is 2.00 bits per heavy atom. The Bertz CT molecular complexity index is 221. The molecule has 1 aliphatic carbocycles. The minimum atomic E-state index is 0.739. The van der Waals surface area contributed by atoms with Gasteiger partial charge in [-0.1, -0.05) is 19.1 Å². The summed E-state index contributed by atoms with van der Waals surface area (Å²) in [6, 6.07) is 0. The van der Waals surface area contributed by atoms with Gasteiger partial charge < -0.3 is 4.90 Å². The van der Waals surface area contributed by atoms with E-state index < -0.39 is 0 Å². The van der Waals surface area contributed by atoms with Gasteiger partial charge in [-0.3, -0.25) is 0 Å². The molecule has 1 saturated heterocycles. The van der Waals surface area contributed by atoms with Crippen molar-refractivity contribution in [2.24, 2.45) is 5.92 Å². The van der Waals surface area contributed by atoms with Gasteiger partial charge in [0.15, 0.2) is 0 Å². The first-order valence-corrected chi connectivity index (χ1v) is 5.49. The third kappa shape index (κ3) is 1.96. The quantitative estimate of drug-likeness (QED) is 0.595. The molecule has 13 heavy (non-hydrogen) atoms. The van der Waals surface area contributed by atoms with E-state index in [9.17, 15) is 0 Å². The summed E-state index contributed by atoms with van der Waals surface area (Å²) >= 11 is 0. The maximum atomic E-state index is 2.58. The zero-order chi connectivity index (χ0) is 9.10. The van der Waals surface area contributed by atoms with E-state index in [1.165, 1.54) is 38.8 Å². The lowest BCUT2D eigenvalue weighted by molar-refractivity contribution is 0.258. The Balaban J connectivity index is 2.04. The van der Waals surface area contributed by atoms with Crippen LogP contribution in [0.5, 0.6) is 0 Å². The van der Waals surface area contributed by atoms with Crippen molar-refractivity contribution in [3.63, 3.8) is 0 Å². The van der Waals surface area contributed by atoms with Crippen molar-refractivity contribution in [3.8, 4) is 0 Å². The highest BCUT2D eigenvalue weighted by Crippen LogP contribution is 2.25. The maximum Gasteiger partial charge on any atom is 0.0175 e. The molecule has 0 aromatic heterocycles. The average Bonchev–Trinajstić information content (AvgIpc) is 2.20. The topological polar surface area (TPSA) is 3.24 Å². The SMILES string of the molecule is CC1CC=CC=C1N1CCCCC1. The molecule has 1 unspecified atom stereocenters. The zero-order valence-corrected chi connectivity index (χ0v) is 8.50. The van der Waals surface area contributed by atoms with Crippen LogP contribution in [0.25, 0.3) is 0 Å². The van der Waals surface area contributed by atoms with Gasteiger partial charge in [0.1, 0.15) is 0 Å². The number of rotatable bonds is 1. The molecule has 0 N–H and O–H groups in total. The van der Waals surface area contributed by atoms with Gasteiger partial charge in [0.25, 0.3) is 0 Å². The molecule has 0 amide bonds. The molecule has 1 heterocycles. The van der Waals surface area contributed by atoms with Crippen molar-refractivity contribution in [1.82, 2.24) is 4.90 Å². The molecular weight excluding hydrogens is 158 g/mol. The summed E-state index contributed by atoms with van der Waals surface area (Å²) in [5, 5.41) is 0. The molecule has 2 rings (SSSR count). The molecule has 1 heteroatoms. The van der Waals surface area contributed by atoms with Crippen LogP contribution >= 0.6 is 0 Å². The predicted octanol–water partition coefficient (Wildman–Crippen LogP) is 2.95. The third-order valence-electron chi connectivity index (χ3n) is 3.12. The van der Waals surface area contributed by atoms with Crippen molar-refractivity contribution >= 4 is 0 Å². The highest BCUT2D eigenvalue weighted by molar-refractivity contribution is 5.19. The second-order valence-corrected chi connectivity index (χ2v) is 4.20. The Kier molecular flexibility index (Phi) is 2.72. The zero-order valence-electron chi connectivity index (χ0n) is 8.50. The molecule has 1 nitrogen and oxygen atoms in total. The highest BCUT2D eigenvalue weighted by atomic mass is 15.1. The fourth-order valence-electron chi connectivity index (χ4n) is 2.30. The largest absolute Gasteiger partial charge is 0.375 e. The van der Waals surface area contributed by atoms with Gasteiger partial charge >= 0.3 is 0 Å². The van der Waals surface area contributed by atoms with Crippen LogP contribution < -0.4 is 0 Å². The Morgan fingerprint density at radius 3 is 2.69 bits per heavy atom. The van der Waals surface area contributed by atoms with Gasteiger partial charge in [-0.25, -0.2) is 0 Å². The van der Waals surface area contributed by atoms with Gasteiger partial charge in [-0.15, -0.1) is 0 Å². The first-order valence-electron chi connectivity index (χ1n) is 5.49. The van der Waals surface area contributed by atoms with Gasteiger partial charge in [0, 0.05) is 18.8 Å². The molecule has 72 valence electrons. The van der Waals surface area contributed by atoms with Gasteiger partial charge in [-0.2, -0.15) is 0 Å². The number of nitrogens with zero attached hydrogens (tertiary/aromatic N) is 1. The number of hydrogen-bond donors (Lipinski definition) is 0. The van der Waals surface area contributed by atoms with Crippen LogP contribution in [0.15, 0.2) is 23.9 Å². The van der Waals surface area contributed by atoms with E-state index in [1.54, 1.807) is 5.70 Å². The summed E-state index contributed by atoms with van der Waals surface area (Å²) in [5.41, 5.74) is 1.57. The summed E-state index contributed by atoms with van der Waals surface area (Å²) in [6.45, 7) is 4.90. The van der Waals surface area contributed by atoms with Crippen LogP contribution in [0.4, 0.5) is 0 Å². The fraction of sp³-hybridized carbons (Fsp3) is 0.667. The number of allylic oxidation sites excluding steroid dienone is 4. The minimum absolute atomic E-state index is 0.739. The van der Waals surface area contributed by atoms with Gasteiger partial charge in [0.05, 0.1) is 0 Å². The lowest BCUT2D eigenvalue weighted by Gasteiger charge is -2.34. The first kappa shape index (κ1) is 8.86. The van der Waals surface area contributed by atoms with E-state index in [2.05, 4.69) is 30.1 Å². The van der Waals surface area contributed by atoms with Crippen molar-refractivity contribution in [1.29, 1.82) is 0 Å². The van der Waals surface area contributed by atoms with E-state index in [1.807, 2.05) is 0 Å². The highest BCUT2D eigenvalue weighted by Gasteiger charge is 2.18. The molecule has 0 spiro atoms. The average molecular weight is 177 g/mol. The lowest BCUT2D eigenvalue weighted by Crippen LogP contribution is -2.32. The number of piperidine rings is 1. The number of likely N-dealkylation sites (tertiary alicyclic amines) is 1. The van der Waals surface area contributed by atoms with E-state index in [0.717, 1.165) is 5.92 Å². The van der Waals surface area contributed by atoms with Crippen LogP contribution in [-0.4, -0.2) is 18.0 Å². The van der Waals surface area contributed by atoms with E-state index in [4.69, 9.17) is 0 Å². The molecule has 1 atom stereocenters. The summed E-state index contributed by atoms with van der Waals surface area (Å²) in [5.74, 6) is 0.739. The second kappa shape index (κ2) is 3.99. The van der Waals surface area contributed by atoms with Crippen LogP contribution in [0.1, 0.15) is 32.6 Å². The molecule has 0 saturated carbocycles.